The van der Waals surface area contributed by atoms with Crippen molar-refractivity contribution in [2.24, 2.45) is 0 Å². The number of hydrogen-bond donors (Lipinski definition) is 0. The lowest BCUT2D eigenvalue weighted by Gasteiger charge is -2.26. The largest absolute Gasteiger partial charge is 0.353 e. The fourth-order valence-electron chi connectivity index (χ4n) is 1.46. The second-order valence-electron chi connectivity index (χ2n) is 3.36. The van der Waals surface area contributed by atoms with Crippen LogP contribution in [0.25, 0.3) is 0 Å². The number of ether oxygens (including phenoxy) is 2. The Balaban J connectivity index is 2.29. The Kier molecular flexibility index (Phi) is 5.28. The van der Waals surface area contributed by atoms with E-state index in [1.165, 1.54) is 0 Å². The van der Waals surface area contributed by atoms with E-state index >= 15 is 0 Å². The summed E-state index contributed by atoms with van der Waals surface area (Å²) in [7, 11) is 0. The number of hydrogen-bond acceptors (Lipinski definition) is 3. The number of carbonyl (C=O) groups excluding carboxylic acids is 1. The van der Waals surface area contributed by atoms with Crippen molar-refractivity contribution < 1.29 is 14.3 Å². The van der Waals surface area contributed by atoms with Crippen molar-refractivity contribution in [3.8, 4) is 12.3 Å². The van der Waals surface area contributed by atoms with Crippen molar-refractivity contribution in [1.82, 2.24) is 0 Å². The van der Waals surface area contributed by atoms with Crippen molar-refractivity contribution >= 4 is 6.29 Å². The van der Waals surface area contributed by atoms with Gasteiger partial charge >= 0.3 is 0 Å². The third-order valence-electron chi connectivity index (χ3n) is 2.19. The molecule has 78 valence electrons. The van der Waals surface area contributed by atoms with E-state index in [9.17, 15) is 4.79 Å². The second kappa shape index (κ2) is 6.58. The monoisotopic (exact) mass is 196 g/mol. The van der Waals surface area contributed by atoms with Gasteiger partial charge in [0, 0.05) is 19.4 Å². The van der Waals surface area contributed by atoms with Gasteiger partial charge < -0.3 is 14.3 Å². The third-order valence-corrected chi connectivity index (χ3v) is 2.19. The molecule has 3 nitrogen and oxygen atoms in total. The van der Waals surface area contributed by atoms with Crippen molar-refractivity contribution in [3.63, 3.8) is 0 Å². The summed E-state index contributed by atoms with van der Waals surface area (Å²) in [6, 6.07) is 0. The highest BCUT2D eigenvalue weighted by atomic mass is 16.7. The summed E-state index contributed by atoms with van der Waals surface area (Å²) in [5, 5.41) is 0. The lowest BCUT2D eigenvalue weighted by Crippen LogP contribution is -2.28. The zero-order valence-corrected chi connectivity index (χ0v) is 8.28. The fraction of sp³-hybridized carbons (Fsp3) is 0.727. The van der Waals surface area contributed by atoms with Crippen LogP contribution in [0.3, 0.4) is 0 Å². The van der Waals surface area contributed by atoms with Crippen LogP contribution >= 0.6 is 0 Å². The molecule has 0 bridgehead atoms. The molecule has 3 heteroatoms. The minimum atomic E-state index is -0.180. The van der Waals surface area contributed by atoms with Crippen LogP contribution in [0.1, 0.15) is 32.1 Å². The van der Waals surface area contributed by atoms with Crippen molar-refractivity contribution in [2.45, 2.75) is 44.5 Å². The van der Waals surface area contributed by atoms with Gasteiger partial charge in [0.05, 0.1) is 6.10 Å². The van der Waals surface area contributed by atoms with Crippen LogP contribution in [0.4, 0.5) is 0 Å². The maximum absolute atomic E-state index is 10.3. The number of aldehydes is 1. The molecule has 0 aromatic heterocycles. The van der Waals surface area contributed by atoms with Crippen molar-refractivity contribution in [2.75, 3.05) is 6.61 Å². The molecule has 2 atom stereocenters. The topological polar surface area (TPSA) is 35.5 Å². The van der Waals surface area contributed by atoms with Crippen molar-refractivity contribution in [3.05, 3.63) is 0 Å². The first-order valence-electron chi connectivity index (χ1n) is 5.01. The maximum Gasteiger partial charge on any atom is 0.158 e. The Hall–Kier alpha value is -0.850. The average molecular weight is 196 g/mol. The van der Waals surface area contributed by atoms with Gasteiger partial charge in [0.25, 0.3) is 0 Å². The molecule has 0 amide bonds. The zero-order chi connectivity index (χ0) is 10.2. The molecular formula is C11H16O3. The van der Waals surface area contributed by atoms with Gasteiger partial charge in [-0.3, -0.25) is 0 Å². The Morgan fingerprint density at radius 1 is 1.64 bits per heavy atom. The highest BCUT2D eigenvalue weighted by Gasteiger charge is 2.18. The molecule has 1 rings (SSSR count). The van der Waals surface area contributed by atoms with Crippen LogP contribution < -0.4 is 0 Å². The van der Waals surface area contributed by atoms with Crippen LogP contribution in [0, 0.1) is 12.3 Å². The van der Waals surface area contributed by atoms with Gasteiger partial charge in [0.2, 0.25) is 0 Å². The van der Waals surface area contributed by atoms with E-state index in [0.717, 1.165) is 32.2 Å². The summed E-state index contributed by atoms with van der Waals surface area (Å²) >= 11 is 0. The van der Waals surface area contributed by atoms with Gasteiger partial charge in [-0.2, -0.15) is 0 Å². The molecule has 14 heavy (non-hydrogen) atoms. The Morgan fingerprint density at radius 3 is 3.07 bits per heavy atom. The molecule has 1 saturated heterocycles. The van der Waals surface area contributed by atoms with Crippen LogP contribution in [0.2, 0.25) is 0 Å². The van der Waals surface area contributed by atoms with Crippen molar-refractivity contribution in [1.29, 1.82) is 0 Å². The molecule has 1 fully saturated rings. The maximum atomic E-state index is 10.3. The first-order chi connectivity index (χ1) is 6.86. The van der Waals surface area contributed by atoms with Gasteiger partial charge in [-0.05, 0) is 19.3 Å². The van der Waals surface area contributed by atoms with E-state index in [4.69, 9.17) is 15.9 Å². The SMILES string of the molecule is C#CCC(CC=O)OC1CCCCO1. The predicted octanol–water partition coefficient (Wildman–Crippen LogP) is 1.51. The molecule has 0 aliphatic carbocycles. The van der Waals surface area contributed by atoms with Crippen LogP contribution in [0.15, 0.2) is 0 Å². The molecular weight excluding hydrogens is 180 g/mol. The molecule has 1 heterocycles. The molecule has 1 aliphatic rings. The lowest BCUT2D eigenvalue weighted by atomic mass is 10.2. The highest BCUT2D eigenvalue weighted by molar-refractivity contribution is 5.50. The standard InChI is InChI=1S/C11H16O3/c1-2-5-10(7-8-12)14-11-6-3-4-9-13-11/h1,8,10-11H,3-7,9H2. The average Bonchev–Trinajstić information content (AvgIpc) is 2.20. The fourth-order valence-corrected chi connectivity index (χ4v) is 1.46. The summed E-state index contributed by atoms with van der Waals surface area (Å²) in [5.74, 6) is 2.50. The molecule has 1 aliphatic heterocycles. The quantitative estimate of drug-likeness (QED) is 0.494. The van der Waals surface area contributed by atoms with Gasteiger partial charge in [0.15, 0.2) is 6.29 Å². The van der Waals surface area contributed by atoms with Gasteiger partial charge in [-0.25, -0.2) is 0 Å². The summed E-state index contributed by atoms with van der Waals surface area (Å²) in [5.41, 5.74) is 0. The minimum Gasteiger partial charge on any atom is -0.353 e. The number of terminal acetylenes is 1. The van der Waals surface area contributed by atoms with Crippen LogP contribution in [-0.2, 0) is 14.3 Å². The molecule has 0 aromatic rings. The minimum absolute atomic E-state index is 0.165. The third kappa shape index (κ3) is 3.91. The normalized spacial score (nSPS) is 23.8. The molecule has 0 saturated carbocycles. The van der Waals surface area contributed by atoms with Crippen LogP contribution in [0.5, 0.6) is 0 Å². The van der Waals surface area contributed by atoms with E-state index in [0.29, 0.717) is 12.8 Å². The van der Waals surface area contributed by atoms with E-state index in [1.54, 1.807) is 0 Å². The summed E-state index contributed by atoms with van der Waals surface area (Å²) in [6.45, 7) is 0.745. The lowest BCUT2D eigenvalue weighted by molar-refractivity contribution is -0.187. The van der Waals surface area contributed by atoms with E-state index in [1.807, 2.05) is 0 Å². The first-order valence-corrected chi connectivity index (χ1v) is 5.01. The van der Waals surface area contributed by atoms with E-state index in [2.05, 4.69) is 5.92 Å². The van der Waals surface area contributed by atoms with E-state index < -0.39 is 0 Å². The second-order valence-corrected chi connectivity index (χ2v) is 3.36. The molecule has 2 unspecified atom stereocenters. The molecule has 0 radical (unpaired) electrons. The Bertz CT molecular complexity index is 201. The van der Waals surface area contributed by atoms with Gasteiger partial charge in [0.1, 0.15) is 6.29 Å². The zero-order valence-electron chi connectivity index (χ0n) is 8.28. The smallest absolute Gasteiger partial charge is 0.158 e. The number of carbonyl (C=O) groups is 1. The van der Waals surface area contributed by atoms with Gasteiger partial charge in [-0.15, -0.1) is 12.3 Å². The van der Waals surface area contributed by atoms with Gasteiger partial charge in [-0.1, -0.05) is 0 Å². The Morgan fingerprint density at radius 2 is 2.50 bits per heavy atom. The Labute approximate surface area is 84.8 Å². The predicted molar refractivity (Wildman–Crippen MR) is 52.6 cm³/mol. The molecule has 0 aromatic carbocycles. The van der Waals surface area contributed by atoms with E-state index in [-0.39, 0.29) is 12.4 Å². The highest BCUT2D eigenvalue weighted by Crippen LogP contribution is 2.17. The first kappa shape index (κ1) is 11.2. The molecule has 0 N–H and O–H groups in total. The summed E-state index contributed by atoms with van der Waals surface area (Å²) < 4.78 is 11.0. The number of rotatable bonds is 5. The molecule has 0 spiro atoms. The van der Waals surface area contributed by atoms with Crippen LogP contribution in [-0.4, -0.2) is 25.3 Å². The summed E-state index contributed by atoms with van der Waals surface area (Å²) in [6.07, 6.45) is 9.61. The summed E-state index contributed by atoms with van der Waals surface area (Å²) in [4.78, 5) is 10.3.